The molecule has 0 aliphatic heterocycles. The predicted molar refractivity (Wildman–Crippen MR) is 63.4 cm³/mol. The van der Waals surface area contributed by atoms with Crippen molar-refractivity contribution in [2.75, 3.05) is 21.3 Å². The zero-order valence-corrected chi connectivity index (χ0v) is 10.6. The van der Waals surface area contributed by atoms with Gasteiger partial charge in [0.2, 0.25) is 0 Å². The highest BCUT2D eigenvalue weighted by Gasteiger charge is 2.47. The number of rotatable bonds is 7. The van der Waals surface area contributed by atoms with Crippen molar-refractivity contribution in [3.8, 4) is 0 Å². The van der Waals surface area contributed by atoms with Crippen LogP contribution in [0.4, 0.5) is 0 Å². The molecule has 1 N–H and O–H groups in total. The molecule has 0 amide bonds. The van der Waals surface area contributed by atoms with Crippen molar-refractivity contribution in [1.82, 2.24) is 5.23 Å². The fourth-order valence-corrected chi connectivity index (χ4v) is 1.69. The van der Waals surface area contributed by atoms with E-state index in [2.05, 4.69) is 0 Å². The Hall–Kier alpha value is -1.47. The van der Waals surface area contributed by atoms with E-state index in [9.17, 15) is 9.90 Å². The summed E-state index contributed by atoms with van der Waals surface area (Å²) in [5.74, 6) is -1.20. The summed E-state index contributed by atoms with van der Waals surface area (Å²) in [6.07, 6.45) is 0.0847. The van der Waals surface area contributed by atoms with Gasteiger partial charge in [0.25, 0.3) is 5.72 Å². The lowest BCUT2D eigenvalue weighted by molar-refractivity contribution is -0.428. The zero-order chi connectivity index (χ0) is 13.6. The first-order valence-electron chi connectivity index (χ1n) is 5.31. The molecule has 0 radical (unpaired) electrons. The van der Waals surface area contributed by atoms with E-state index in [0.717, 1.165) is 10.8 Å². The number of hydroxylamine groups is 2. The second-order valence-corrected chi connectivity index (χ2v) is 3.58. The number of carbonyl (C=O) groups is 1. The summed E-state index contributed by atoms with van der Waals surface area (Å²) in [5.41, 5.74) is -0.939. The maximum atomic E-state index is 11.5. The Morgan fingerprint density at radius 2 is 1.78 bits per heavy atom. The minimum absolute atomic E-state index is 0.0847. The van der Waals surface area contributed by atoms with E-state index in [1.54, 1.807) is 12.1 Å². The topological polar surface area (TPSA) is 68.2 Å². The maximum Gasteiger partial charge on any atom is 0.356 e. The maximum absolute atomic E-state index is 11.5. The summed E-state index contributed by atoms with van der Waals surface area (Å²) in [6, 6.07) is 9.10. The van der Waals surface area contributed by atoms with Crippen LogP contribution in [0.25, 0.3) is 0 Å². The van der Waals surface area contributed by atoms with Gasteiger partial charge in [-0.2, -0.15) is 0 Å². The zero-order valence-electron chi connectivity index (χ0n) is 10.6. The van der Waals surface area contributed by atoms with Crippen LogP contribution in [0.5, 0.6) is 0 Å². The molecule has 0 fully saturated rings. The number of nitrogens with zero attached hydrogens (tertiary/aromatic N) is 1. The second kappa shape index (κ2) is 6.46. The Bertz CT molecular complexity index is 379. The lowest BCUT2D eigenvalue weighted by Gasteiger charge is -2.34. The third-order valence-electron chi connectivity index (χ3n) is 2.58. The van der Waals surface area contributed by atoms with Crippen molar-refractivity contribution in [1.29, 1.82) is 0 Å². The molecule has 1 rings (SSSR count). The Morgan fingerprint density at radius 3 is 2.17 bits per heavy atom. The third-order valence-corrected chi connectivity index (χ3v) is 2.58. The summed E-state index contributed by atoms with van der Waals surface area (Å²) >= 11 is 0. The number of methoxy groups -OCH3 is 1. The highest BCUT2D eigenvalue weighted by molar-refractivity contribution is 5.77. The third kappa shape index (κ3) is 2.85. The quantitative estimate of drug-likeness (QED) is 0.581. The number of ether oxygens (including phenoxy) is 1. The van der Waals surface area contributed by atoms with E-state index < -0.39 is 11.7 Å². The minimum Gasteiger partial charge on any atom is -0.478 e. The first kappa shape index (κ1) is 14.6. The van der Waals surface area contributed by atoms with E-state index in [-0.39, 0.29) is 6.42 Å². The molecule has 1 atom stereocenters. The van der Waals surface area contributed by atoms with Crippen molar-refractivity contribution < 1.29 is 24.3 Å². The largest absolute Gasteiger partial charge is 0.478 e. The Kier molecular flexibility index (Phi) is 5.24. The van der Waals surface area contributed by atoms with Gasteiger partial charge in [-0.3, -0.25) is 9.68 Å². The van der Waals surface area contributed by atoms with Gasteiger partial charge >= 0.3 is 5.97 Å². The Labute approximate surface area is 106 Å². The summed E-state index contributed by atoms with van der Waals surface area (Å²) < 4.78 is 5.12. The van der Waals surface area contributed by atoms with E-state index in [0.29, 0.717) is 0 Å². The van der Waals surface area contributed by atoms with Crippen LogP contribution in [0.1, 0.15) is 5.56 Å². The molecular formula is C12H17NO5. The van der Waals surface area contributed by atoms with E-state index in [4.69, 9.17) is 14.4 Å². The van der Waals surface area contributed by atoms with Crippen LogP contribution in [0.3, 0.4) is 0 Å². The van der Waals surface area contributed by atoms with Crippen LogP contribution in [-0.2, 0) is 25.6 Å². The van der Waals surface area contributed by atoms with Crippen molar-refractivity contribution in [3.05, 3.63) is 35.9 Å². The molecule has 6 heteroatoms. The number of carboxylic acids is 1. The number of carboxylic acid groups (broad SMARTS) is 1. The lowest BCUT2D eigenvalue weighted by atomic mass is 10.0. The number of hydrogen-bond donors (Lipinski definition) is 1. The fourth-order valence-electron chi connectivity index (χ4n) is 1.69. The smallest absolute Gasteiger partial charge is 0.356 e. The highest BCUT2D eigenvalue weighted by atomic mass is 17.0. The van der Waals surface area contributed by atoms with Gasteiger partial charge in [0.05, 0.1) is 14.2 Å². The fraction of sp³-hybridized carbons (Fsp3) is 0.417. The molecule has 100 valence electrons. The molecule has 6 nitrogen and oxygen atoms in total. The normalized spacial score (nSPS) is 14.4. The van der Waals surface area contributed by atoms with Crippen LogP contribution in [0, 0.1) is 0 Å². The van der Waals surface area contributed by atoms with Crippen LogP contribution in [-0.4, -0.2) is 43.4 Å². The average Bonchev–Trinajstić information content (AvgIpc) is 2.39. The first-order chi connectivity index (χ1) is 8.60. The van der Waals surface area contributed by atoms with Gasteiger partial charge in [0, 0.05) is 13.5 Å². The first-order valence-corrected chi connectivity index (χ1v) is 5.31. The van der Waals surface area contributed by atoms with Crippen LogP contribution >= 0.6 is 0 Å². The van der Waals surface area contributed by atoms with Gasteiger partial charge in [0.15, 0.2) is 0 Å². The summed E-state index contributed by atoms with van der Waals surface area (Å²) in [6.45, 7) is 0. The molecule has 0 unspecified atom stereocenters. The number of hydrogen-bond acceptors (Lipinski definition) is 5. The van der Waals surface area contributed by atoms with Crippen molar-refractivity contribution in [2.24, 2.45) is 0 Å². The number of benzene rings is 1. The summed E-state index contributed by atoms with van der Waals surface area (Å²) in [4.78, 5) is 21.3. The molecule has 0 saturated heterocycles. The predicted octanol–water partition coefficient (Wildman–Crippen LogP) is 1.08. The van der Waals surface area contributed by atoms with E-state index in [1.165, 1.54) is 21.3 Å². The molecule has 1 aromatic carbocycles. The van der Waals surface area contributed by atoms with Crippen LogP contribution < -0.4 is 0 Å². The van der Waals surface area contributed by atoms with Gasteiger partial charge < -0.3 is 9.84 Å². The SMILES string of the molecule is CON(OC)[C@](Cc1ccccc1)(OC)C(=O)O. The summed E-state index contributed by atoms with van der Waals surface area (Å²) in [5, 5.41) is 10.2. The average molecular weight is 255 g/mol. The van der Waals surface area contributed by atoms with Gasteiger partial charge in [-0.15, -0.1) is 0 Å². The lowest BCUT2D eigenvalue weighted by Crippen LogP contribution is -2.56. The van der Waals surface area contributed by atoms with Crippen molar-refractivity contribution in [3.63, 3.8) is 0 Å². The Balaban J connectivity index is 3.08. The molecule has 0 aliphatic carbocycles. The van der Waals surface area contributed by atoms with Gasteiger partial charge in [-0.25, -0.2) is 4.79 Å². The van der Waals surface area contributed by atoms with E-state index in [1.807, 2.05) is 18.2 Å². The van der Waals surface area contributed by atoms with Crippen LogP contribution in [0.15, 0.2) is 30.3 Å². The molecule has 0 saturated carbocycles. The minimum atomic E-state index is -1.73. The Morgan fingerprint density at radius 1 is 1.22 bits per heavy atom. The standard InChI is InChI=1S/C12H17NO5/c1-16-12(11(14)15,13(17-2)18-3)9-10-7-5-4-6-8-10/h4-8H,9H2,1-3H3,(H,14,15)/t12-/m1/s1. The summed E-state index contributed by atoms with van der Waals surface area (Å²) in [7, 11) is 3.92. The van der Waals surface area contributed by atoms with Gasteiger partial charge in [-0.05, 0) is 10.8 Å². The second-order valence-electron chi connectivity index (χ2n) is 3.58. The van der Waals surface area contributed by atoms with E-state index >= 15 is 0 Å². The molecule has 18 heavy (non-hydrogen) atoms. The molecule has 0 aromatic heterocycles. The molecule has 0 heterocycles. The van der Waals surface area contributed by atoms with Crippen molar-refractivity contribution >= 4 is 5.97 Å². The molecule has 0 aliphatic rings. The molecule has 0 spiro atoms. The van der Waals surface area contributed by atoms with Gasteiger partial charge in [0.1, 0.15) is 0 Å². The highest BCUT2D eigenvalue weighted by Crippen LogP contribution is 2.23. The molecular weight excluding hydrogens is 238 g/mol. The monoisotopic (exact) mass is 255 g/mol. The van der Waals surface area contributed by atoms with Crippen molar-refractivity contribution in [2.45, 2.75) is 12.1 Å². The molecule has 0 bridgehead atoms. The molecule has 1 aromatic rings. The number of aliphatic carboxylic acids is 1. The van der Waals surface area contributed by atoms with Gasteiger partial charge in [-0.1, -0.05) is 30.3 Å². The van der Waals surface area contributed by atoms with Crippen LogP contribution in [0.2, 0.25) is 0 Å².